The lowest BCUT2D eigenvalue weighted by Crippen LogP contribution is -2.42. The Morgan fingerprint density at radius 3 is 2.54 bits per heavy atom. The van der Waals surface area contributed by atoms with Gasteiger partial charge in [-0.3, -0.25) is 20.4 Å². The summed E-state index contributed by atoms with van der Waals surface area (Å²) in [5.74, 6) is -0.558. The molecule has 0 unspecified atom stereocenters. The lowest BCUT2D eigenvalue weighted by atomic mass is 10.1. The third-order valence-electron chi connectivity index (χ3n) is 4.39. The number of hydrazine groups is 1. The normalized spacial score (nSPS) is 11.0. The molecule has 0 aliphatic rings. The number of H-pyrrole nitrogens is 1. The van der Waals surface area contributed by atoms with Gasteiger partial charge in [-0.05, 0) is 35.6 Å². The van der Waals surface area contributed by atoms with Gasteiger partial charge in [0, 0.05) is 21.8 Å². The predicted octanol–water partition coefficient (Wildman–Crippen LogP) is 3.69. The summed E-state index contributed by atoms with van der Waals surface area (Å²) >= 11 is 1.42. The van der Waals surface area contributed by atoms with Crippen LogP contribution in [0.3, 0.4) is 0 Å². The quantitative estimate of drug-likeness (QED) is 0.486. The minimum Gasteiger partial charge on any atom is -0.361 e. The first kappa shape index (κ1) is 16.4. The highest BCUT2D eigenvalue weighted by Crippen LogP contribution is 2.30. The van der Waals surface area contributed by atoms with E-state index in [1.807, 2.05) is 61.7 Å². The molecule has 5 nitrogen and oxygen atoms in total. The highest BCUT2D eigenvalue weighted by Gasteiger charge is 2.16. The molecule has 0 fully saturated rings. The molecule has 6 heteroatoms. The molecule has 0 saturated heterocycles. The van der Waals surface area contributed by atoms with Crippen LogP contribution in [0.25, 0.3) is 21.0 Å². The van der Waals surface area contributed by atoms with Crippen molar-refractivity contribution in [2.45, 2.75) is 13.3 Å². The van der Waals surface area contributed by atoms with E-state index in [-0.39, 0.29) is 18.2 Å². The molecule has 26 heavy (non-hydrogen) atoms. The number of nitrogens with one attached hydrogen (secondary N) is 3. The van der Waals surface area contributed by atoms with E-state index >= 15 is 0 Å². The molecule has 3 N–H and O–H groups in total. The van der Waals surface area contributed by atoms with Gasteiger partial charge in [-0.25, -0.2) is 0 Å². The summed E-state index contributed by atoms with van der Waals surface area (Å²) in [4.78, 5) is 28.4. The number of hydrogen-bond acceptors (Lipinski definition) is 3. The van der Waals surface area contributed by atoms with Gasteiger partial charge in [-0.1, -0.05) is 36.4 Å². The van der Waals surface area contributed by atoms with Crippen LogP contribution in [0.1, 0.15) is 20.8 Å². The fourth-order valence-corrected chi connectivity index (χ4v) is 4.17. The van der Waals surface area contributed by atoms with Crippen LogP contribution in [0.15, 0.2) is 54.7 Å². The monoisotopic (exact) mass is 363 g/mol. The van der Waals surface area contributed by atoms with Crippen molar-refractivity contribution in [2.75, 3.05) is 0 Å². The second kappa shape index (κ2) is 6.65. The number of para-hydroxylation sites is 1. The number of aryl methyl sites for hydroxylation is 1. The van der Waals surface area contributed by atoms with E-state index in [2.05, 4.69) is 15.8 Å². The molecule has 2 aromatic heterocycles. The van der Waals surface area contributed by atoms with Crippen molar-refractivity contribution in [1.82, 2.24) is 15.8 Å². The average Bonchev–Trinajstić information content (AvgIpc) is 3.22. The summed E-state index contributed by atoms with van der Waals surface area (Å²) in [6, 6.07) is 15.7. The van der Waals surface area contributed by atoms with Crippen molar-refractivity contribution >= 4 is 44.1 Å². The third kappa shape index (κ3) is 2.95. The summed E-state index contributed by atoms with van der Waals surface area (Å²) in [5, 5.41) is 2.07. The van der Waals surface area contributed by atoms with Crippen molar-refractivity contribution in [3.8, 4) is 0 Å². The minimum atomic E-state index is -0.295. The summed E-state index contributed by atoms with van der Waals surface area (Å²) < 4.78 is 1.06. The number of carbonyl (C=O) groups is 2. The smallest absolute Gasteiger partial charge is 0.280 e. The molecular weight excluding hydrogens is 346 g/mol. The number of benzene rings is 2. The SMILES string of the molecule is Cc1c(C(=O)NNC(=O)Cc2c[nH]c3ccccc23)sc2ccccc12. The van der Waals surface area contributed by atoms with E-state index in [9.17, 15) is 9.59 Å². The molecule has 2 heterocycles. The largest absolute Gasteiger partial charge is 0.361 e. The number of rotatable bonds is 3. The van der Waals surface area contributed by atoms with Crippen LogP contribution in [-0.4, -0.2) is 16.8 Å². The van der Waals surface area contributed by atoms with Crippen LogP contribution in [0.2, 0.25) is 0 Å². The van der Waals surface area contributed by atoms with Crippen LogP contribution in [-0.2, 0) is 11.2 Å². The molecule has 0 aliphatic carbocycles. The van der Waals surface area contributed by atoms with E-state index in [0.717, 1.165) is 32.1 Å². The molecule has 2 aromatic carbocycles. The highest BCUT2D eigenvalue weighted by molar-refractivity contribution is 7.21. The number of fused-ring (bicyclic) bond motifs is 2. The first-order valence-electron chi connectivity index (χ1n) is 8.26. The maximum absolute atomic E-state index is 12.4. The van der Waals surface area contributed by atoms with Gasteiger partial charge >= 0.3 is 0 Å². The molecular formula is C20H17N3O2S. The van der Waals surface area contributed by atoms with Crippen molar-refractivity contribution in [2.24, 2.45) is 0 Å². The molecule has 4 rings (SSSR count). The highest BCUT2D eigenvalue weighted by atomic mass is 32.1. The molecule has 0 radical (unpaired) electrons. The van der Waals surface area contributed by atoms with Gasteiger partial charge in [0.2, 0.25) is 5.91 Å². The first-order chi connectivity index (χ1) is 12.6. The molecule has 130 valence electrons. The maximum atomic E-state index is 12.4. The fraction of sp³-hybridized carbons (Fsp3) is 0.100. The first-order valence-corrected chi connectivity index (χ1v) is 9.07. The molecule has 0 aliphatic heterocycles. The Morgan fingerprint density at radius 1 is 1.00 bits per heavy atom. The van der Waals surface area contributed by atoms with E-state index in [1.165, 1.54) is 11.3 Å². The number of aromatic nitrogens is 1. The topological polar surface area (TPSA) is 74.0 Å². The molecule has 4 aromatic rings. The minimum absolute atomic E-state index is 0.190. The second-order valence-corrected chi connectivity index (χ2v) is 7.14. The van der Waals surface area contributed by atoms with E-state index in [4.69, 9.17) is 0 Å². The van der Waals surface area contributed by atoms with Crippen LogP contribution in [0.4, 0.5) is 0 Å². The average molecular weight is 363 g/mol. The zero-order chi connectivity index (χ0) is 18.1. The number of aromatic amines is 1. The summed E-state index contributed by atoms with van der Waals surface area (Å²) in [6.45, 7) is 1.92. The number of amides is 2. The Kier molecular flexibility index (Phi) is 4.18. The van der Waals surface area contributed by atoms with Gasteiger partial charge in [0.15, 0.2) is 0 Å². The van der Waals surface area contributed by atoms with E-state index in [1.54, 1.807) is 0 Å². The zero-order valence-electron chi connectivity index (χ0n) is 14.1. The molecule has 0 spiro atoms. The van der Waals surface area contributed by atoms with Crippen LogP contribution >= 0.6 is 11.3 Å². The Labute approximate surface area is 154 Å². The van der Waals surface area contributed by atoms with Gasteiger partial charge < -0.3 is 4.98 Å². The van der Waals surface area contributed by atoms with Gasteiger partial charge in [-0.15, -0.1) is 11.3 Å². The Hall–Kier alpha value is -3.12. The molecule has 0 atom stereocenters. The fourth-order valence-electron chi connectivity index (χ4n) is 3.07. The summed E-state index contributed by atoms with van der Waals surface area (Å²) in [6.07, 6.45) is 2.01. The molecule has 0 saturated carbocycles. The third-order valence-corrected chi connectivity index (χ3v) is 5.66. The Bertz CT molecular complexity index is 1130. The van der Waals surface area contributed by atoms with E-state index in [0.29, 0.717) is 4.88 Å². The van der Waals surface area contributed by atoms with Crippen molar-refractivity contribution in [1.29, 1.82) is 0 Å². The van der Waals surface area contributed by atoms with Gasteiger partial charge in [0.1, 0.15) is 0 Å². The van der Waals surface area contributed by atoms with Crippen LogP contribution < -0.4 is 10.9 Å². The van der Waals surface area contributed by atoms with Gasteiger partial charge in [0.25, 0.3) is 5.91 Å². The van der Waals surface area contributed by atoms with Gasteiger partial charge in [0.05, 0.1) is 11.3 Å². The Balaban J connectivity index is 1.43. The number of hydrogen-bond donors (Lipinski definition) is 3. The lowest BCUT2D eigenvalue weighted by molar-refractivity contribution is -0.121. The number of thiophene rings is 1. The second-order valence-electron chi connectivity index (χ2n) is 6.09. The maximum Gasteiger partial charge on any atom is 0.280 e. The number of carbonyl (C=O) groups excluding carboxylic acids is 2. The summed E-state index contributed by atoms with van der Waals surface area (Å²) in [7, 11) is 0. The van der Waals surface area contributed by atoms with Crippen molar-refractivity contribution in [3.63, 3.8) is 0 Å². The van der Waals surface area contributed by atoms with Crippen LogP contribution in [0, 0.1) is 6.92 Å². The molecule has 0 bridgehead atoms. The lowest BCUT2D eigenvalue weighted by Gasteiger charge is -2.06. The predicted molar refractivity (Wildman–Crippen MR) is 104 cm³/mol. The van der Waals surface area contributed by atoms with Crippen LogP contribution in [0.5, 0.6) is 0 Å². The van der Waals surface area contributed by atoms with E-state index < -0.39 is 0 Å². The summed E-state index contributed by atoms with van der Waals surface area (Å²) in [5.41, 5.74) is 7.84. The standard InChI is InChI=1S/C20H17N3O2S/c1-12-14-6-3-5-9-17(14)26-19(12)20(25)23-22-18(24)10-13-11-21-16-8-4-2-7-15(13)16/h2-9,11,21H,10H2,1H3,(H,22,24)(H,23,25). The molecule has 2 amide bonds. The van der Waals surface area contributed by atoms with Crippen molar-refractivity contribution < 1.29 is 9.59 Å². The Morgan fingerprint density at radius 2 is 1.73 bits per heavy atom. The zero-order valence-corrected chi connectivity index (χ0v) is 14.9. The van der Waals surface area contributed by atoms with Crippen molar-refractivity contribution in [3.05, 3.63) is 70.7 Å². The van der Waals surface area contributed by atoms with Gasteiger partial charge in [-0.2, -0.15) is 0 Å².